The fourth-order valence-corrected chi connectivity index (χ4v) is 3.98. The molecule has 0 bridgehead atoms. The molecule has 0 aliphatic heterocycles. The third-order valence-corrected chi connectivity index (χ3v) is 5.62. The van der Waals surface area contributed by atoms with Gasteiger partial charge in [0.2, 0.25) is 5.95 Å². The molecule has 0 amide bonds. The van der Waals surface area contributed by atoms with Crippen LogP contribution in [0.5, 0.6) is 0 Å². The number of alkyl halides is 3. The Morgan fingerprint density at radius 2 is 1.77 bits per heavy atom. The molecule has 0 saturated carbocycles. The predicted molar refractivity (Wildman–Crippen MR) is 115 cm³/mol. The van der Waals surface area contributed by atoms with Crippen molar-refractivity contribution in [2.24, 2.45) is 0 Å². The van der Waals surface area contributed by atoms with Crippen LogP contribution in [0, 0.1) is 0 Å². The van der Waals surface area contributed by atoms with Crippen molar-refractivity contribution in [3.63, 3.8) is 0 Å². The number of rotatable bonds is 8. The average Bonchev–Trinajstić information content (AvgIpc) is 2.73. The lowest BCUT2D eigenvalue weighted by Gasteiger charge is -2.23. The molecule has 3 aromatic rings. The number of unbranched alkanes of at least 4 members (excludes halogenated alkanes) is 1. The van der Waals surface area contributed by atoms with E-state index in [0.717, 1.165) is 42.9 Å². The van der Waals surface area contributed by atoms with Crippen molar-refractivity contribution in [2.45, 2.75) is 49.2 Å². The molecule has 7 heteroatoms. The summed E-state index contributed by atoms with van der Waals surface area (Å²) in [6, 6.07) is 17.0. The fourth-order valence-electron chi connectivity index (χ4n) is 3.06. The number of hydrogen-bond donors (Lipinski definition) is 0. The highest BCUT2D eigenvalue weighted by Gasteiger charge is 2.35. The van der Waals surface area contributed by atoms with Gasteiger partial charge in [-0.15, -0.1) is 0 Å². The molecule has 30 heavy (non-hydrogen) atoms. The fraction of sp³-hybridized carbons (Fsp3) is 0.304. The van der Waals surface area contributed by atoms with Gasteiger partial charge in [0.05, 0.1) is 0 Å². The summed E-state index contributed by atoms with van der Waals surface area (Å²) in [6.45, 7) is 4.62. The highest BCUT2D eigenvalue weighted by molar-refractivity contribution is 7.99. The zero-order chi connectivity index (χ0) is 21.6. The van der Waals surface area contributed by atoms with Crippen LogP contribution < -0.4 is 4.90 Å². The topological polar surface area (TPSA) is 29.0 Å². The summed E-state index contributed by atoms with van der Waals surface area (Å²) in [4.78, 5) is 10.9. The van der Waals surface area contributed by atoms with E-state index in [2.05, 4.69) is 29.0 Å². The first-order valence-corrected chi connectivity index (χ1v) is 10.8. The number of anilines is 2. The number of aryl methyl sites for hydroxylation is 1. The van der Waals surface area contributed by atoms with Crippen molar-refractivity contribution in [2.75, 3.05) is 11.4 Å². The van der Waals surface area contributed by atoms with Gasteiger partial charge in [-0.25, -0.2) is 9.97 Å². The smallest absolute Gasteiger partial charge is 0.311 e. The first kappa shape index (κ1) is 22.2. The number of halogens is 3. The SMILES string of the molecule is CCCCc1cccc(N(CC)c2ncc(C(F)(F)F)c(Sc3ccccc3)n2)c1. The standard InChI is InChI=1S/C23H24F3N3S/c1-3-5-10-17-11-9-12-18(15-17)29(4-2)22-27-16-20(23(24,25)26)21(28-22)30-19-13-7-6-8-14-19/h6-9,11-16H,3-5,10H2,1-2H3. The lowest BCUT2D eigenvalue weighted by molar-refractivity contribution is -0.140. The molecule has 2 aromatic carbocycles. The molecule has 0 atom stereocenters. The van der Waals surface area contributed by atoms with E-state index in [-0.39, 0.29) is 11.0 Å². The molecule has 3 rings (SSSR count). The Bertz CT molecular complexity index is 961. The summed E-state index contributed by atoms with van der Waals surface area (Å²) < 4.78 is 40.7. The second-order valence-corrected chi connectivity index (χ2v) is 7.88. The molecule has 0 radical (unpaired) electrons. The Hall–Kier alpha value is -2.54. The Morgan fingerprint density at radius 1 is 1.00 bits per heavy atom. The van der Waals surface area contributed by atoms with Gasteiger partial charge in [0.15, 0.2) is 0 Å². The molecule has 1 heterocycles. The van der Waals surface area contributed by atoms with Crippen molar-refractivity contribution in [3.8, 4) is 0 Å². The van der Waals surface area contributed by atoms with Gasteiger partial charge in [-0.05, 0) is 49.6 Å². The van der Waals surface area contributed by atoms with E-state index in [1.54, 1.807) is 24.3 Å². The Balaban J connectivity index is 1.99. The maximum atomic E-state index is 13.6. The van der Waals surface area contributed by atoms with Crippen LogP contribution in [0.1, 0.15) is 37.8 Å². The molecule has 0 saturated heterocycles. The molecular formula is C23H24F3N3S. The summed E-state index contributed by atoms with van der Waals surface area (Å²) in [5, 5.41) is -0.0979. The van der Waals surface area contributed by atoms with Crippen LogP contribution in [0.2, 0.25) is 0 Å². The van der Waals surface area contributed by atoms with Gasteiger partial charge in [0.25, 0.3) is 0 Å². The quantitative estimate of drug-likeness (QED) is 0.354. The number of hydrogen-bond acceptors (Lipinski definition) is 4. The van der Waals surface area contributed by atoms with E-state index in [9.17, 15) is 13.2 Å². The van der Waals surface area contributed by atoms with E-state index in [4.69, 9.17) is 0 Å². The average molecular weight is 432 g/mol. The highest BCUT2D eigenvalue weighted by atomic mass is 32.2. The van der Waals surface area contributed by atoms with Crippen LogP contribution >= 0.6 is 11.8 Å². The maximum absolute atomic E-state index is 13.6. The molecular weight excluding hydrogens is 407 g/mol. The summed E-state index contributed by atoms with van der Waals surface area (Å²) >= 11 is 0.995. The second-order valence-electron chi connectivity index (χ2n) is 6.82. The van der Waals surface area contributed by atoms with Crippen molar-refractivity contribution >= 4 is 23.4 Å². The molecule has 0 aliphatic rings. The summed E-state index contributed by atoms with van der Waals surface area (Å²) in [5.41, 5.74) is 1.24. The van der Waals surface area contributed by atoms with Gasteiger partial charge >= 0.3 is 6.18 Å². The normalized spacial score (nSPS) is 11.5. The van der Waals surface area contributed by atoms with E-state index in [1.807, 2.05) is 30.0 Å². The van der Waals surface area contributed by atoms with E-state index >= 15 is 0 Å². The molecule has 0 aliphatic carbocycles. The molecule has 0 fully saturated rings. The van der Waals surface area contributed by atoms with Gasteiger partial charge in [0, 0.05) is 23.3 Å². The van der Waals surface area contributed by atoms with Gasteiger partial charge < -0.3 is 4.90 Å². The van der Waals surface area contributed by atoms with Crippen LogP contribution in [0.4, 0.5) is 24.8 Å². The number of benzene rings is 2. The third kappa shape index (κ3) is 5.53. The van der Waals surface area contributed by atoms with Crippen molar-refractivity contribution in [3.05, 3.63) is 71.9 Å². The minimum atomic E-state index is -4.52. The van der Waals surface area contributed by atoms with E-state index in [1.165, 1.54) is 5.56 Å². The zero-order valence-corrected chi connectivity index (χ0v) is 17.8. The van der Waals surface area contributed by atoms with E-state index < -0.39 is 11.7 Å². The Kier molecular flexibility index (Phi) is 7.37. The molecule has 0 spiro atoms. The van der Waals surface area contributed by atoms with Crippen LogP contribution in [0.25, 0.3) is 0 Å². The molecule has 1 aromatic heterocycles. The third-order valence-electron chi connectivity index (χ3n) is 4.60. The first-order chi connectivity index (χ1) is 14.4. The van der Waals surface area contributed by atoms with E-state index in [0.29, 0.717) is 11.4 Å². The second kappa shape index (κ2) is 9.98. The number of aromatic nitrogens is 2. The Morgan fingerprint density at radius 3 is 2.43 bits per heavy atom. The van der Waals surface area contributed by atoms with Crippen LogP contribution in [0.3, 0.4) is 0 Å². The van der Waals surface area contributed by atoms with Gasteiger partial charge in [-0.3, -0.25) is 0 Å². The summed E-state index contributed by atoms with van der Waals surface area (Å²) in [7, 11) is 0. The van der Waals surface area contributed by atoms with Gasteiger partial charge in [-0.1, -0.05) is 55.4 Å². The van der Waals surface area contributed by atoms with Gasteiger partial charge in [-0.2, -0.15) is 13.2 Å². The van der Waals surface area contributed by atoms with Gasteiger partial charge in [0.1, 0.15) is 10.6 Å². The van der Waals surface area contributed by atoms with Crippen LogP contribution in [0.15, 0.2) is 70.7 Å². The Labute approximate surface area is 179 Å². The molecule has 158 valence electrons. The molecule has 3 nitrogen and oxygen atoms in total. The highest BCUT2D eigenvalue weighted by Crippen LogP contribution is 2.39. The monoisotopic (exact) mass is 431 g/mol. The predicted octanol–water partition coefficient (Wildman–Crippen LogP) is 7.15. The molecule has 0 unspecified atom stereocenters. The summed E-state index contributed by atoms with van der Waals surface area (Å²) in [6.07, 6.45) is -0.483. The van der Waals surface area contributed by atoms with Crippen LogP contribution in [-0.4, -0.2) is 16.5 Å². The lowest BCUT2D eigenvalue weighted by atomic mass is 10.1. The molecule has 0 N–H and O–H groups in total. The van der Waals surface area contributed by atoms with Crippen molar-refractivity contribution in [1.82, 2.24) is 9.97 Å². The van der Waals surface area contributed by atoms with Crippen molar-refractivity contribution in [1.29, 1.82) is 0 Å². The first-order valence-electron chi connectivity index (χ1n) is 9.96. The van der Waals surface area contributed by atoms with Crippen LogP contribution in [-0.2, 0) is 12.6 Å². The largest absolute Gasteiger partial charge is 0.420 e. The summed E-state index contributed by atoms with van der Waals surface area (Å²) in [5.74, 6) is 0.261. The minimum Gasteiger partial charge on any atom is -0.311 e. The minimum absolute atomic E-state index is 0.0979. The lowest BCUT2D eigenvalue weighted by Crippen LogP contribution is -2.20. The van der Waals surface area contributed by atoms with Crippen molar-refractivity contribution < 1.29 is 13.2 Å². The zero-order valence-electron chi connectivity index (χ0n) is 17.0. The number of nitrogens with zero attached hydrogens (tertiary/aromatic N) is 3. The maximum Gasteiger partial charge on any atom is 0.420 e.